The van der Waals surface area contributed by atoms with Crippen LogP contribution in [0.1, 0.15) is 21.8 Å². The Morgan fingerprint density at radius 3 is 2.44 bits per heavy atom. The smallest absolute Gasteiger partial charge is 0.255 e. The van der Waals surface area contributed by atoms with Crippen LogP contribution in [-0.2, 0) is 6.42 Å². The highest BCUT2D eigenvalue weighted by Gasteiger charge is 2.18. The molecule has 0 spiro atoms. The number of nitrogens with one attached hydrogen (secondary N) is 1. The van der Waals surface area contributed by atoms with Crippen LogP contribution < -0.4 is 19.5 Å². The number of amides is 1. The van der Waals surface area contributed by atoms with Crippen molar-refractivity contribution in [3.8, 4) is 28.0 Å². The molecule has 0 saturated carbocycles. The van der Waals surface area contributed by atoms with Crippen LogP contribution in [0.2, 0.25) is 0 Å². The highest BCUT2D eigenvalue weighted by atomic mass is 32.1. The van der Waals surface area contributed by atoms with Gasteiger partial charge in [0.1, 0.15) is 0 Å². The Morgan fingerprint density at radius 2 is 1.78 bits per heavy atom. The van der Waals surface area contributed by atoms with E-state index >= 15 is 0 Å². The first-order chi connectivity index (χ1) is 15.6. The van der Waals surface area contributed by atoms with Gasteiger partial charge in [-0.1, -0.05) is 29.4 Å². The summed E-state index contributed by atoms with van der Waals surface area (Å²) in [6.45, 7) is 0. The molecule has 2 aromatic carbocycles. The van der Waals surface area contributed by atoms with E-state index in [0.29, 0.717) is 46.6 Å². The monoisotopic (exact) mass is 451 g/mol. The van der Waals surface area contributed by atoms with E-state index in [-0.39, 0.29) is 5.91 Å². The molecule has 4 rings (SSSR count). The summed E-state index contributed by atoms with van der Waals surface area (Å²) in [4.78, 5) is 18.4. The quantitative estimate of drug-likeness (QED) is 0.416. The molecule has 9 heteroatoms. The van der Waals surface area contributed by atoms with Crippen molar-refractivity contribution < 1.29 is 23.5 Å². The molecule has 0 radical (unpaired) electrons. The summed E-state index contributed by atoms with van der Waals surface area (Å²) in [7, 11) is 4.52. The largest absolute Gasteiger partial charge is 0.493 e. The molecule has 164 valence electrons. The van der Waals surface area contributed by atoms with Crippen molar-refractivity contribution in [2.75, 3.05) is 26.6 Å². The lowest BCUT2D eigenvalue weighted by molar-refractivity contribution is 0.102. The highest BCUT2D eigenvalue weighted by molar-refractivity contribution is 7.13. The number of aromatic nitrogens is 2. The number of ether oxygens (including phenoxy) is 3. The molecular weight excluding hydrogens is 430 g/mol. The van der Waals surface area contributed by atoms with Gasteiger partial charge in [-0.15, -0.1) is 11.3 Å². The molecular formula is C23H21N3O5S. The third-order valence-corrected chi connectivity index (χ3v) is 5.61. The van der Waals surface area contributed by atoms with Gasteiger partial charge in [0.15, 0.2) is 11.5 Å². The fourth-order valence-electron chi connectivity index (χ4n) is 3.20. The number of hydrogen-bond donors (Lipinski definition) is 1. The standard InChI is InChI=1S/C23H21N3O5S/c1-28-17-11-15(12-18(29-2)21(17)30-3)23(27)24-16-8-5-4-7-14(16)13-20-25-22(26-31-20)19-9-6-10-32-19/h4-12H,13H2,1-3H3,(H,24,27). The molecule has 1 amide bonds. The topological polar surface area (TPSA) is 95.7 Å². The van der Waals surface area contributed by atoms with E-state index in [2.05, 4.69) is 15.5 Å². The lowest BCUT2D eigenvalue weighted by Crippen LogP contribution is -2.14. The number of carbonyl (C=O) groups is 1. The summed E-state index contributed by atoms with van der Waals surface area (Å²) in [5.41, 5.74) is 1.85. The summed E-state index contributed by atoms with van der Waals surface area (Å²) in [5, 5.41) is 8.95. The zero-order valence-corrected chi connectivity index (χ0v) is 18.6. The average Bonchev–Trinajstić information content (AvgIpc) is 3.51. The van der Waals surface area contributed by atoms with Gasteiger partial charge in [0.25, 0.3) is 5.91 Å². The van der Waals surface area contributed by atoms with Gasteiger partial charge in [0, 0.05) is 11.3 Å². The third kappa shape index (κ3) is 4.42. The Balaban J connectivity index is 1.56. The fraction of sp³-hybridized carbons (Fsp3) is 0.174. The number of hydrogen-bond acceptors (Lipinski definition) is 8. The number of thiophene rings is 1. The van der Waals surface area contributed by atoms with E-state index in [9.17, 15) is 4.79 Å². The number of benzene rings is 2. The lowest BCUT2D eigenvalue weighted by atomic mass is 10.1. The molecule has 0 aliphatic rings. The highest BCUT2D eigenvalue weighted by Crippen LogP contribution is 2.38. The van der Waals surface area contributed by atoms with Crippen LogP contribution in [0.4, 0.5) is 5.69 Å². The molecule has 0 fully saturated rings. The first kappa shape index (κ1) is 21.4. The van der Waals surface area contributed by atoms with Crippen LogP contribution >= 0.6 is 11.3 Å². The average molecular weight is 452 g/mol. The number of nitrogens with zero attached hydrogens (tertiary/aromatic N) is 2. The predicted octanol–water partition coefficient (Wildman–Crippen LogP) is 4.67. The van der Waals surface area contributed by atoms with Gasteiger partial charge in [-0.25, -0.2) is 0 Å². The summed E-state index contributed by atoms with van der Waals surface area (Å²) in [5.74, 6) is 1.91. The summed E-state index contributed by atoms with van der Waals surface area (Å²) < 4.78 is 21.4. The zero-order valence-electron chi connectivity index (χ0n) is 17.7. The molecule has 1 N–H and O–H groups in total. The van der Waals surface area contributed by atoms with E-state index in [0.717, 1.165) is 10.4 Å². The SMILES string of the molecule is COc1cc(C(=O)Nc2ccccc2Cc2nc(-c3cccs3)no2)cc(OC)c1OC. The van der Waals surface area contributed by atoms with E-state index in [4.69, 9.17) is 18.7 Å². The van der Waals surface area contributed by atoms with E-state index in [1.807, 2.05) is 41.8 Å². The molecule has 8 nitrogen and oxygen atoms in total. The number of carbonyl (C=O) groups excluding carboxylic acids is 1. The summed E-state index contributed by atoms with van der Waals surface area (Å²) in [6, 6.07) is 14.5. The molecule has 0 bridgehead atoms. The van der Waals surface area contributed by atoms with Crippen molar-refractivity contribution in [3.63, 3.8) is 0 Å². The van der Waals surface area contributed by atoms with Gasteiger partial charge in [-0.2, -0.15) is 4.98 Å². The second kappa shape index (κ2) is 9.52. The molecule has 0 aliphatic heterocycles. The van der Waals surface area contributed by atoms with Gasteiger partial charge in [-0.05, 0) is 35.2 Å². The zero-order chi connectivity index (χ0) is 22.5. The fourth-order valence-corrected chi connectivity index (χ4v) is 3.85. The minimum absolute atomic E-state index is 0.318. The van der Waals surface area contributed by atoms with Gasteiger partial charge in [0.05, 0.1) is 32.6 Å². The number of rotatable bonds is 8. The molecule has 0 aliphatic carbocycles. The molecule has 0 atom stereocenters. The molecule has 4 aromatic rings. The van der Waals surface area contributed by atoms with Crippen LogP contribution in [-0.4, -0.2) is 37.4 Å². The Labute approximate surface area is 188 Å². The van der Waals surface area contributed by atoms with Crippen LogP contribution in [0.3, 0.4) is 0 Å². The van der Waals surface area contributed by atoms with E-state index in [1.165, 1.54) is 21.3 Å². The maximum Gasteiger partial charge on any atom is 0.255 e. The number of para-hydroxylation sites is 1. The molecule has 32 heavy (non-hydrogen) atoms. The van der Waals surface area contributed by atoms with E-state index in [1.54, 1.807) is 23.5 Å². The van der Waals surface area contributed by atoms with Gasteiger partial charge in [0.2, 0.25) is 17.5 Å². The summed E-state index contributed by atoms with van der Waals surface area (Å²) in [6.07, 6.45) is 0.379. The maximum absolute atomic E-state index is 13.0. The van der Waals surface area contributed by atoms with Gasteiger partial charge in [-0.3, -0.25) is 4.79 Å². The lowest BCUT2D eigenvalue weighted by Gasteiger charge is -2.15. The van der Waals surface area contributed by atoms with E-state index < -0.39 is 0 Å². The van der Waals surface area contributed by atoms with Gasteiger partial charge < -0.3 is 24.1 Å². The van der Waals surface area contributed by atoms with Crippen LogP contribution in [0.25, 0.3) is 10.7 Å². The molecule has 0 unspecified atom stereocenters. The predicted molar refractivity (Wildman–Crippen MR) is 121 cm³/mol. The normalized spacial score (nSPS) is 10.6. The number of methoxy groups -OCH3 is 3. The van der Waals surface area contributed by atoms with Crippen LogP contribution in [0.5, 0.6) is 17.2 Å². The molecule has 2 aromatic heterocycles. The van der Waals surface area contributed by atoms with Crippen molar-refractivity contribution in [2.45, 2.75) is 6.42 Å². The first-order valence-electron chi connectivity index (χ1n) is 9.68. The second-order valence-corrected chi connectivity index (χ2v) is 7.64. The third-order valence-electron chi connectivity index (χ3n) is 4.74. The van der Waals surface area contributed by atoms with Gasteiger partial charge >= 0.3 is 0 Å². The van der Waals surface area contributed by atoms with Crippen molar-refractivity contribution in [3.05, 3.63) is 70.9 Å². The second-order valence-electron chi connectivity index (χ2n) is 6.69. The maximum atomic E-state index is 13.0. The van der Waals surface area contributed by atoms with Crippen molar-refractivity contribution in [1.82, 2.24) is 10.1 Å². The van der Waals surface area contributed by atoms with Crippen LogP contribution in [0, 0.1) is 0 Å². The van der Waals surface area contributed by atoms with Crippen molar-refractivity contribution in [1.29, 1.82) is 0 Å². The minimum Gasteiger partial charge on any atom is -0.493 e. The Kier molecular flexibility index (Phi) is 6.37. The summed E-state index contributed by atoms with van der Waals surface area (Å²) >= 11 is 1.54. The van der Waals surface area contributed by atoms with Crippen LogP contribution in [0.15, 0.2) is 58.4 Å². The Morgan fingerprint density at radius 1 is 1.03 bits per heavy atom. The minimum atomic E-state index is -0.318. The Hall–Kier alpha value is -3.85. The van der Waals surface area contributed by atoms with Crippen molar-refractivity contribution in [2.24, 2.45) is 0 Å². The number of anilines is 1. The Bertz CT molecular complexity index is 1200. The molecule has 2 heterocycles. The first-order valence-corrected chi connectivity index (χ1v) is 10.6. The van der Waals surface area contributed by atoms with Crippen molar-refractivity contribution >= 4 is 22.9 Å². The molecule has 0 saturated heterocycles.